The normalized spacial score (nSPS) is 11.0. The molecule has 0 aliphatic rings. The van der Waals surface area contributed by atoms with Gasteiger partial charge in [0.2, 0.25) is 5.95 Å². The average Bonchev–Trinajstić information content (AvgIpc) is 2.74. The summed E-state index contributed by atoms with van der Waals surface area (Å²) in [6.45, 7) is 5.63. The largest absolute Gasteiger partial charge is 0.478 e. The summed E-state index contributed by atoms with van der Waals surface area (Å²) in [6.07, 6.45) is 0.519. The first-order chi connectivity index (χ1) is 15.2. The molecule has 1 heterocycles. The summed E-state index contributed by atoms with van der Waals surface area (Å²) < 4.78 is 0. The summed E-state index contributed by atoms with van der Waals surface area (Å²) in [5.74, 6) is -0.697. The number of benzene rings is 2. The number of anilines is 1. The van der Waals surface area contributed by atoms with Crippen LogP contribution in [0.3, 0.4) is 0 Å². The van der Waals surface area contributed by atoms with E-state index in [2.05, 4.69) is 30.5 Å². The summed E-state index contributed by atoms with van der Waals surface area (Å²) in [4.78, 5) is 35.5. The lowest BCUT2D eigenvalue weighted by atomic mass is 10.0. The molecule has 0 bridgehead atoms. The Hall–Kier alpha value is -4.21. The van der Waals surface area contributed by atoms with Gasteiger partial charge in [0, 0.05) is 13.5 Å². The Morgan fingerprint density at radius 2 is 1.53 bits per heavy atom. The lowest BCUT2D eigenvalue weighted by Gasteiger charge is -2.10. The van der Waals surface area contributed by atoms with E-state index in [1.807, 2.05) is 32.9 Å². The molecule has 3 aromatic rings. The van der Waals surface area contributed by atoms with Crippen molar-refractivity contribution in [3.8, 4) is 0 Å². The molecule has 1 aromatic heterocycles. The van der Waals surface area contributed by atoms with E-state index >= 15 is 0 Å². The van der Waals surface area contributed by atoms with Gasteiger partial charge in [0.25, 0.3) is 0 Å². The molecule has 0 fully saturated rings. The van der Waals surface area contributed by atoms with Gasteiger partial charge in [-0.05, 0) is 61.7 Å². The van der Waals surface area contributed by atoms with Gasteiger partial charge in [-0.2, -0.15) is 20.2 Å². The van der Waals surface area contributed by atoms with Crippen molar-refractivity contribution in [2.24, 2.45) is 10.2 Å². The molecule has 3 N–H and O–H groups in total. The number of azo groups is 1. The highest BCUT2D eigenvalue weighted by Crippen LogP contribution is 2.27. The van der Waals surface area contributed by atoms with Crippen LogP contribution in [0.25, 0.3) is 0 Å². The molecule has 0 atom stereocenters. The lowest BCUT2D eigenvalue weighted by Crippen LogP contribution is -2.06. The van der Waals surface area contributed by atoms with Gasteiger partial charge in [-0.25, -0.2) is 14.6 Å². The highest BCUT2D eigenvalue weighted by atomic mass is 16.4. The fourth-order valence-corrected chi connectivity index (χ4v) is 3.08. The maximum absolute atomic E-state index is 11.3. The zero-order valence-corrected chi connectivity index (χ0v) is 18.0. The predicted octanol–water partition coefficient (Wildman–Crippen LogP) is 4.24. The van der Waals surface area contributed by atoms with Gasteiger partial charge < -0.3 is 15.5 Å². The molecule has 0 radical (unpaired) electrons. The number of carbonyl (C=O) groups is 2. The Kier molecular flexibility index (Phi) is 6.53. The zero-order valence-electron chi connectivity index (χ0n) is 18.0. The Labute approximate surface area is 184 Å². The van der Waals surface area contributed by atoms with Crippen LogP contribution in [0.1, 0.15) is 49.1 Å². The summed E-state index contributed by atoms with van der Waals surface area (Å²) in [7, 11) is 1.75. The van der Waals surface area contributed by atoms with Gasteiger partial charge in [-0.1, -0.05) is 6.07 Å². The van der Waals surface area contributed by atoms with Crippen LogP contribution < -0.4 is 5.32 Å². The number of nitrogens with one attached hydrogen (secondary N) is 1. The summed E-state index contributed by atoms with van der Waals surface area (Å²) in [5.41, 5.74) is 3.22. The van der Waals surface area contributed by atoms with Crippen LogP contribution >= 0.6 is 0 Å². The SMILES string of the molecule is CNc1nc(C)nc(Cc2cc(C)c(N=Nc3cc(C(=O)O)cc(C(=O)O)c3)cc2C)n1. The molecule has 0 saturated heterocycles. The molecule has 32 heavy (non-hydrogen) atoms. The Morgan fingerprint density at radius 3 is 2.12 bits per heavy atom. The van der Waals surface area contributed by atoms with Crippen molar-refractivity contribution >= 4 is 29.3 Å². The number of hydrogen-bond acceptors (Lipinski definition) is 8. The summed E-state index contributed by atoms with van der Waals surface area (Å²) in [5, 5.41) is 29.6. The van der Waals surface area contributed by atoms with Crippen molar-refractivity contribution in [1.29, 1.82) is 0 Å². The maximum Gasteiger partial charge on any atom is 0.335 e. The number of carboxylic acids is 2. The number of aryl methyl sites for hydroxylation is 3. The second-order valence-electron chi connectivity index (χ2n) is 7.19. The maximum atomic E-state index is 11.3. The molecule has 3 rings (SSSR count). The topological polar surface area (TPSA) is 150 Å². The molecule has 0 aliphatic carbocycles. The standard InChI is InChI=1S/C22H22N6O4/c1-11-6-18(28-27-17-8-15(20(29)30)7-16(9-17)21(31)32)12(2)5-14(11)10-19-24-13(3)25-22(23-4)26-19/h5-9H,10H2,1-4H3,(H,29,30)(H,31,32)(H,23,24,25,26). The molecule has 164 valence electrons. The Balaban J connectivity index is 1.90. The third-order valence-corrected chi connectivity index (χ3v) is 4.71. The van der Waals surface area contributed by atoms with Crippen LogP contribution in [0, 0.1) is 20.8 Å². The summed E-state index contributed by atoms with van der Waals surface area (Å²) in [6, 6.07) is 7.46. The minimum absolute atomic E-state index is 0.142. The van der Waals surface area contributed by atoms with E-state index in [-0.39, 0.29) is 16.8 Å². The van der Waals surface area contributed by atoms with Crippen LogP contribution in [-0.4, -0.2) is 44.2 Å². The molecule has 0 spiro atoms. The number of carboxylic acid groups (broad SMARTS) is 2. The minimum Gasteiger partial charge on any atom is -0.478 e. The molecule has 10 nitrogen and oxygen atoms in total. The van der Waals surface area contributed by atoms with Crippen LogP contribution in [0.15, 0.2) is 40.6 Å². The fraction of sp³-hybridized carbons (Fsp3) is 0.227. The first-order valence-corrected chi connectivity index (χ1v) is 9.69. The average molecular weight is 434 g/mol. The van der Waals surface area contributed by atoms with Gasteiger partial charge in [0.15, 0.2) is 0 Å². The van der Waals surface area contributed by atoms with Crippen molar-refractivity contribution in [2.75, 3.05) is 12.4 Å². The van der Waals surface area contributed by atoms with Crippen molar-refractivity contribution in [2.45, 2.75) is 27.2 Å². The van der Waals surface area contributed by atoms with Crippen LogP contribution in [0.4, 0.5) is 17.3 Å². The van der Waals surface area contributed by atoms with E-state index < -0.39 is 11.9 Å². The molecule has 0 aliphatic heterocycles. The van der Waals surface area contributed by atoms with Gasteiger partial charge in [-0.3, -0.25) is 0 Å². The molecule has 0 unspecified atom stereocenters. The van der Waals surface area contributed by atoms with Gasteiger partial charge in [0.1, 0.15) is 11.6 Å². The van der Waals surface area contributed by atoms with E-state index in [9.17, 15) is 19.8 Å². The van der Waals surface area contributed by atoms with Gasteiger partial charge >= 0.3 is 11.9 Å². The van der Waals surface area contributed by atoms with Gasteiger partial charge in [0.05, 0.1) is 22.5 Å². The van der Waals surface area contributed by atoms with Crippen LogP contribution in [0.5, 0.6) is 0 Å². The molecule has 0 amide bonds. The number of rotatable bonds is 7. The quantitative estimate of drug-likeness (QED) is 0.467. The van der Waals surface area contributed by atoms with Crippen molar-refractivity contribution in [1.82, 2.24) is 15.0 Å². The molecular formula is C22H22N6O4. The second kappa shape index (κ2) is 9.29. The van der Waals surface area contributed by atoms with E-state index in [4.69, 9.17) is 0 Å². The number of aromatic carboxylic acids is 2. The Bertz CT molecular complexity index is 1210. The zero-order chi connectivity index (χ0) is 23.4. The van der Waals surface area contributed by atoms with Crippen LogP contribution in [-0.2, 0) is 6.42 Å². The highest BCUT2D eigenvalue weighted by molar-refractivity contribution is 5.95. The number of nitrogens with zero attached hydrogens (tertiary/aromatic N) is 5. The van der Waals surface area contributed by atoms with Gasteiger partial charge in [-0.15, -0.1) is 0 Å². The molecular weight excluding hydrogens is 412 g/mol. The summed E-state index contributed by atoms with van der Waals surface area (Å²) >= 11 is 0. The third kappa shape index (κ3) is 5.28. The first kappa shape index (κ1) is 22.5. The van der Waals surface area contributed by atoms with E-state index in [1.165, 1.54) is 12.1 Å². The van der Waals surface area contributed by atoms with E-state index in [0.29, 0.717) is 29.7 Å². The second-order valence-corrected chi connectivity index (χ2v) is 7.19. The van der Waals surface area contributed by atoms with Crippen molar-refractivity contribution in [3.05, 3.63) is 69.8 Å². The smallest absolute Gasteiger partial charge is 0.335 e. The van der Waals surface area contributed by atoms with Crippen molar-refractivity contribution < 1.29 is 19.8 Å². The van der Waals surface area contributed by atoms with Crippen LogP contribution in [0.2, 0.25) is 0 Å². The van der Waals surface area contributed by atoms with Crippen molar-refractivity contribution in [3.63, 3.8) is 0 Å². The number of aromatic nitrogens is 3. The highest BCUT2D eigenvalue weighted by Gasteiger charge is 2.12. The third-order valence-electron chi connectivity index (χ3n) is 4.71. The molecule has 2 aromatic carbocycles. The first-order valence-electron chi connectivity index (χ1n) is 9.69. The molecule has 10 heteroatoms. The fourth-order valence-electron chi connectivity index (χ4n) is 3.08. The lowest BCUT2D eigenvalue weighted by molar-refractivity contribution is 0.0696. The monoisotopic (exact) mass is 434 g/mol. The minimum atomic E-state index is -1.24. The van der Waals surface area contributed by atoms with E-state index in [0.717, 1.165) is 22.8 Å². The predicted molar refractivity (Wildman–Crippen MR) is 117 cm³/mol. The molecule has 0 saturated carbocycles. The Morgan fingerprint density at radius 1 is 0.875 bits per heavy atom. The van der Waals surface area contributed by atoms with E-state index in [1.54, 1.807) is 7.05 Å². The number of hydrogen-bond donors (Lipinski definition) is 3.